The molecular weight excluding hydrogens is 213 g/mol. The Hall–Kier alpha value is -1.79. The van der Waals surface area contributed by atoms with E-state index in [1.807, 2.05) is 0 Å². The van der Waals surface area contributed by atoms with Crippen molar-refractivity contribution in [3.63, 3.8) is 0 Å². The van der Waals surface area contributed by atoms with Gasteiger partial charge in [0, 0.05) is 24.9 Å². The van der Waals surface area contributed by atoms with Gasteiger partial charge in [0.25, 0.3) is 0 Å². The smallest absolute Gasteiger partial charge is 0.417 e. The molecule has 0 aliphatic rings. The Morgan fingerprint density at radius 3 is 2.53 bits per heavy atom. The van der Waals surface area contributed by atoms with E-state index in [1.165, 1.54) is 7.05 Å². The van der Waals surface area contributed by atoms with E-state index in [1.54, 1.807) is 0 Å². The van der Waals surface area contributed by atoms with E-state index < -0.39 is 17.7 Å². The van der Waals surface area contributed by atoms with E-state index >= 15 is 0 Å². The second kappa shape index (κ2) is 3.76. The van der Waals surface area contributed by atoms with Gasteiger partial charge in [0.05, 0.1) is 11.8 Å². The molecule has 0 unspecified atom stereocenters. The second-order valence-corrected chi connectivity index (χ2v) is 2.80. The molecule has 0 bridgehead atoms. The van der Waals surface area contributed by atoms with Gasteiger partial charge in [0.2, 0.25) is 0 Å². The highest BCUT2D eigenvalue weighted by Gasteiger charge is 2.36. The van der Waals surface area contributed by atoms with Crippen molar-refractivity contribution in [1.29, 1.82) is 0 Å². The summed E-state index contributed by atoms with van der Waals surface area (Å²) in [5, 5.41) is 11.9. The standard InChI is InChI=1S/C8H7F3N2O2/c1-13-4-5(3-12-13)6(2-7(14)15)8(9,10)11/h2-4H,1H3,(H,14,15). The van der Waals surface area contributed by atoms with Gasteiger partial charge < -0.3 is 5.11 Å². The molecule has 0 saturated heterocycles. The van der Waals surface area contributed by atoms with Gasteiger partial charge in [-0.05, 0) is 0 Å². The molecule has 0 aromatic carbocycles. The first-order valence-corrected chi connectivity index (χ1v) is 3.81. The van der Waals surface area contributed by atoms with Crippen molar-refractivity contribution in [2.75, 3.05) is 0 Å². The number of hydrogen-bond donors (Lipinski definition) is 1. The molecule has 82 valence electrons. The number of hydrogen-bond acceptors (Lipinski definition) is 2. The van der Waals surface area contributed by atoms with Gasteiger partial charge in [0.1, 0.15) is 0 Å². The van der Waals surface area contributed by atoms with Gasteiger partial charge in [-0.25, -0.2) is 4.79 Å². The first-order valence-electron chi connectivity index (χ1n) is 3.81. The zero-order chi connectivity index (χ0) is 11.6. The molecule has 0 radical (unpaired) electrons. The van der Waals surface area contributed by atoms with Gasteiger partial charge in [0.15, 0.2) is 0 Å². The van der Waals surface area contributed by atoms with E-state index in [-0.39, 0.29) is 11.6 Å². The van der Waals surface area contributed by atoms with Gasteiger partial charge in [-0.2, -0.15) is 18.3 Å². The molecule has 1 aromatic heterocycles. The number of carboxylic acid groups (broad SMARTS) is 1. The third kappa shape index (κ3) is 2.83. The zero-order valence-electron chi connectivity index (χ0n) is 7.62. The number of halogens is 3. The molecule has 0 aliphatic heterocycles. The highest BCUT2D eigenvalue weighted by molar-refractivity contribution is 5.91. The highest BCUT2D eigenvalue weighted by atomic mass is 19.4. The molecule has 15 heavy (non-hydrogen) atoms. The highest BCUT2D eigenvalue weighted by Crippen LogP contribution is 2.33. The molecule has 0 amide bonds. The Kier molecular flexibility index (Phi) is 2.83. The first kappa shape index (κ1) is 11.3. The van der Waals surface area contributed by atoms with Crippen molar-refractivity contribution in [2.24, 2.45) is 7.05 Å². The number of carboxylic acids is 1. The van der Waals surface area contributed by atoms with E-state index in [0.717, 1.165) is 17.1 Å². The number of allylic oxidation sites excluding steroid dienone is 1. The fourth-order valence-corrected chi connectivity index (χ4v) is 1.01. The summed E-state index contributed by atoms with van der Waals surface area (Å²) >= 11 is 0. The van der Waals surface area contributed by atoms with Gasteiger partial charge in [-0.15, -0.1) is 0 Å². The fourth-order valence-electron chi connectivity index (χ4n) is 1.01. The van der Waals surface area contributed by atoms with Crippen LogP contribution in [0.5, 0.6) is 0 Å². The van der Waals surface area contributed by atoms with Crippen LogP contribution in [0, 0.1) is 0 Å². The van der Waals surface area contributed by atoms with Crippen molar-refractivity contribution in [2.45, 2.75) is 6.18 Å². The third-order valence-corrected chi connectivity index (χ3v) is 1.59. The third-order valence-electron chi connectivity index (χ3n) is 1.59. The topological polar surface area (TPSA) is 55.1 Å². The molecule has 1 aromatic rings. The summed E-state index contributed by atoms with van der Waals surface area (Å²) in [6, 6.07) is 0. The van der Waals surface area contributed by atoms with E-state index in [4.69, 9.17) is 5.11 Å². The summed E-state index contributed by atoms with van der Waals surface area (Å²) in [5.41, 5.74) is -1.49. The first-order chi connectivity index (χ1) is 6.80. The van der Waals surface area contributed by atoms with Crippen LogP contribution in [0.4, 0.5) is 13.2 Å². The number of alkyl halides is 3. The molecule has 4 nitrogen and oxygen atoms in total. The zero-order valence-corrected chi connectivity index (χ0v) is 7.62. The SMILES string of the molecule is Cn1cc(C(=CC(=O)O)C(F)(F)F)cn1. The van der Waals surface area contributed by atoms with Gasteiger partial charge >= 0.3 is 12.1 Å². The van der Waals surface area contributed by atoms with Crippen LogP contribution in [0.2, 0.25) is 0 Å². The van der Waals surface area contributed by atoms with Crippen LogP contribution in [0.25, 0.3) is 5.57 Å². The van der Waals surface area contributed by atoms with Gasteiger partial charge in [-0.3, -0.25) is 4.68 Å². The van der Waals surface area contributed by atoms with Crippen LogP contribution in [0.3, 0.4) is 0 Å². The summed E-state index contributed by atoms with van der Waals surface area (Å²) in [6.07, 6.45) is -2.52. The molecule has 0 aliphatic carbocycles. The van der Waals surface area contributed by atoms with E-state index in [2.05, 4.69) is 5.10 Å². The Labute approximate surface area is 82.6 Å². The van der Waals surface area contributed by atoms with Gasteiger partial charge in [-0.1, -0.05) is 0 Å². The largest absolute Gasteiger partial charge is 0.478 e. The lowest BCUT2D eigenvalue weighted by atomic mass is 10.1. The number of aromatic nitrogens is 2. The van der Waals surface area contributed by atoms with Crippen molar-refractivity contribution in [3.8, 4) is 0 Å². The van der Waals surface area contributed by atoms with Crippen molar-refractivity contribution in [3.05, 3.63) is 24.0 Å². The number of rotatable bonds is 2. The monoisotopic (exact) mass is 220 g/mol. The molecule has 1 N–H and O–H groups in total. The molecule has 0 saturated carbocycles. The van der Waals surface area contributed by atoms with E-state index in [9.17, 15) is 18.0 Å². The van der Waals surface area contributed by atoms with Crippen molar-refractivity contribution in [1.82, 2.24) is 9.78 Å². The molecule has 0 fully saturated rings. The Balaban J connectivity index is 3.19. The average molecular weight is 220 g/mol. The van der Waals surface area contributed by atoms with E-state index in [0.29, 0.717) is 0 Å². The average Bonchev–Trinajstić information content (AvgIpc) is 2.45. The van der Waals surface area contributed by atoms with Crippen molar-refractivity contribution < 1.29 is 23.1 Å². The lowest BCUT2D eigenvalue weighted by molar-refractivity contribution is -0.131. The maximum Gasteiger partial charge on any atom is 0.417 e. The number of aryl methyl sites for hydroxylation is 1. The van der Waals surface area contributed by atoms with Crippen LogP contribution in [0.15, 0.2) is 18.5 Å². The maximum atomic E-state index is 12.4. The van der Waals surface area contributed by atoms with Crippen LogP contribution in [0.1, 0.15) is 5.56 Å². The summed E-state index contributed by atoms with van der Waals surface area (Å²) in [4.78, 5) is 10.2. The molecule has 0 atom stereocenters. The minimum Gasteiger partial charge on any atom is -0.478 e. The molecule has 0 spiro atoms. The minimum absolute atomic E-state index is 0.122. The second-order valence-electron chi connectivity index (χ2n) is 2.80. The molecule has 1 heterocycles. The Morgan fingerprint density at radius 1 is 1.60 bits per heavy atom. The Bertz CT molecular complexity index is 406. The fraction of sp³-hybridized carbons (Fsp3) is 0.250. The predicted molar refractivity (Wildman–Crippen MR) is 44.9 cm³/mol. The van der Waals surface area contributed by atoms with Crippen LogP contribution in [-0.4, -0.2) is 27.0 Å². The Morgan fingerprint density at radius 2 is 2.20 bits per heavy atom. The molecular formula is C8H7F3N2O2. The maximum absolute atomic E-state index is 12.4. The molecule has 1 rings (SSSR count). The number of aliphatic carboxylic acids is 1. The summed E-state index contributed by atoms with van der Waals surface area (Å²) < 4.78 is 38.4. The van der Waals surface area contributed by atoms with Crippen LogP contribution < -0.4 is 0 Å². The molecule has 7 heteroatoms. The summed E-state index contributed by atoms with van der Waals surface area (Å²) in [7, 11) is 1.44. The lowest BCUT2D eigenvalue weighted by Gasteiger charge is -2.08. The van der Waals surface area contributed by atoms with Crippen molar-refractivity contribution >= 4 is 11.5 Å². The quantitative estimate of drug-likeness (QED) is 0.767. The number of carbonyl (C=O) groups is 1. The summed E-state index contributed by atoms with van der Waals surface area (Å²) in [5.74, 6) is -1.65. The normalized spacial score (nSPS) is 12.9. The lowest BCUT2D eigenvalue weighted by Crippen LogP contribution is -2.12. The predicted octanol–water partition coefficient (Wildman–Crippen LogP) is 1.45. The van der Waals surface area contributed by atoms with Crippen LogP contribution in [-0.2, 0) is 11.8 Å². The minimum atomic E-state index is -4.71. The summed E-state index contributed by atoms with van der Waals surface area (Å²) in [6.45, 7) is 0. The number of nitrogens with zero attached hydrogens (tertiary/aromatic N) is 2. The van der Waals surface area contributed by atoms with Crippen LogP contribution >= 0.6 is 0 Å².